The van der Waals surface area contributed by atoms with Gasteiger partial charge in [0.05, 0.1) is 19.6 Å². The third-order valence-corrected chi connectivity index (χ3v) is 2.59. The van der Waals surface area contributed by atoms with Gasteiger partial charge in [-0.25, -0.2) is 0 Å². The summed E-state index contributed by atoms with van der Waals surface area (Å²) in [7, 11) is 3.30. The average molecular weight is 266 g/mol. The number of amides is 1. The smallest absolute Gasteiger partial charge is 0.223 e. The van der Waals surface area contributed by atoms with Crippen LogP contribution in [-0.4, -0.2) is 39.8 Å². The number of carbonyl (C=O) groups is 1. The van der Waals surface area contributed by atoms with E-state index < -0.39 is 0 Å². The second kappa shape index (κ2) is 9.35. The van der Waals surface area contributed by atoms with E-state index in [1.54, 1.807) is 14.2 Å². The molecule has 2 N–H and O–H groups in total. The molecule has 19 heavy (non-hydrogen) atoms. The minimum atomic E-state index is -0.0163. The van der Waals surface area contributed by atoms with E-state index in [0.717, 1.165) is 24.4 Å². The van der Waals surface area contributed by atoms with Crippen molar-refractivity contribution in [1.29, 1.82) is 0 Å². The third-order valence-electron chi connectivity index (χ3n) is 2.59. The van der Waals surface area contributed by atoms with Gasteiger partial charge in [0.25, 0.3) is 0 Å². The first kappa shape index (κ1) is 15.5. The maximum absolute atomic E-state index is 11.1. The maximum Gasteiger partial charge on any atom is 0.223 e. The summed E-state index contributed by atoms with van der Waals surface area (Å²) in [4.78, 5) is 11.1. The third kappa shape index (κ3) is 6.79. The van der Waals surface area contributed by atoms with E-state index in [9.17, 15) is 4.79 Å². The van der Waals surface area contributed by atoms with E-state index in [2.05, 4.69) is 10.6 Å². The molecule has 0 atom stereocenters. The minimum absolute atomic E-state index is 0.0163. The molecule has 5 nitrogen and oxygen atoms in total. The molecule has 0 heterocycles. The van der Waals surface area contributed by atoms with Gasteiger partial charge in [-0.2, -0.15) is 0 Å². The summed E-state index contributed by atoms with van der Waals surface area (Å²) in [6.07, 6.45) is 0.368. The number of rotatable bonds is 9. The quantitative estimate of drug-likeness (QED) is 0.653. The highest BCUT2D eigenvalue weighted by Crippen LogP contribution is 2.13. The van der Waals surface area contributed by atoms with Crippen LogP contribution in [-0.2, 0) is 16.1 Å². The van der Waals surface area contributed by atoms with E-state index in [1.807, 2.05) is 24.3 Å². The van der Waals surface area contributed by atoms with Crippen LogP contribution in [0.25, 0.3) is 0 Å². The standard InChI is InChI=1S/C14H22N2O3/c1-15-14(17)6-8-19-13-5-3-4-12(10-13)11-16-7-9-18-2/h3-5,10,16H,6-9,11H2,1-2H3,(H,15,17). The lowest BCUT2D eigenvalue weighted by molar-refractivity contribution is -0.121. The fraction of sp³-hybridized carbons (Fsp3) is 0.500. The van der Waals surface area contributed by atoms with Crippen molar-refractivity contribution in [3.63, 3.8) is 0 Å². The Balaban J connectivity index is 2.32. The van der Waals surface area contributed by atoms with Crippen LogP contribution < -0.4 is 15.4 Å². The first-order valence-corrected chi connectivity index (χ1v) is 6.38. The summed E-state index contributed by atoms with van der Waals surface area (Å²) in [5, 5.41) is 5.83. The molecule has 0 aliphatic rings. The molecule has 1 rings (SSSR count). The Morgan fingerprint density at radius 1 is 1.32 bits per heavy atom. The molecule has 0 radical (unpaired) electrons. The molecule has 0 saturated heterocycles. The van der Waals surface area contributed by atoms with Crippen molar-refractivity contribution in [3.8, 4) is 5.75 Å². The van der Waals surface area contributed by atoms with E-state index in [-0.39, 0.29) is 5.91 Å². The molecule has 0 bridgehead atoms. The predicted octanol–water partition coefficient (Wildman–Crippen LogP) is 0.937. The molecule has 0 fully saturated rings. The van der Waals surface area contributed by atoms with Gasteiger partial charge in [-0.15, -0.1) is 0 Å². The lowest BCUT2D eigenvalue weighted by Gasteiger charge is -2.08. The van der Waals surface area contributed by atoms with Crippen molar-refractivity contribution in [2.75, 3.05) is 33.9 Å². The number of methoxy groups -OCH3 is 1. The van der Waals surface area contributed by atoms with Gasteiger partial charge in [0, 0.05) is 27.2 Å². The van der Waals surface area contributed by atoms with Gasteiger partial charge < -0.3 is 20.1 Å². The molecule has 1 aromatic carbocycles. The Labute approximate surface area is 114 Å². The molecule has 106 valence electrons. The molecule has 1 aromatic rings. The van der Waals surface area contributed by atoms with Crippen molar-refractivity contribution < 1.29 is 14.3 Å². The highest BCUT2D eigenvalue weighted by atomic mass is 16.5. The fourth-order valence-electron chi connectivity index (χ4n) is 1.54. The van der Waals surface area contributed by atoms with E-state index in [4.69, 9.17) is 9.47 Å². The van der Waals surface area contributed by atoms with E-state index in [0.29, 0.717) is 19.6 Å². The average Bonchev–Trinajstić information content (AvgIpc) is 2.44. The fourth-order valence-corrected chi connectivity index (χ4v) is 1.54. The Bertz CT molecular complexity index is 383. The second-order valence-corrected chi connectivity index (χ2v) is 4.09. The van der Waals surface area contributed by atoms with Crippen molar-refractivity contribution in [2.45, 2.75) is 13.0 Å². The van der Waals surface area contributed by atoms with Crippen molar-refractivity contribution >= 4 is 5.91 Å². The topological polar surface area (TPSA) is 59.6 Å². The summed E-state index contributed by atoms with van der Waals surface area (Å²) in [5.74, 6) is 0.771. The monoisotopic (exact) mass is 266 g/mol. The molecular weight excluding hydrogens is 244 g/mol. The Morgan fingerprint density at radius 3 is 2.89 bits per heavy atom. The van der Waals surface area contributed by atoms with Gasteiger partial charge in [0.1, 0.15) is 5.75 Å². The molecule has 0 aliphatic carbocycles. The largest absolute Gasteiger partial charge is 0.493 e. The van der Waals surface area contributed by atoms with Gasteiger partial charge >= 0.3 is 0 Å². The van der Waals surface area contributed by atoms with Crippen LogP contribution in [0.2, 0.25) is 0 Å². The van der Waals surface area contributed by atoms with Crippen molar-refractivity contribution in [1.82, 2.24) is 10.6 Å². The summed E-state index contributed by atoms with van der Waals surface area (Å²) >= 11 is 0. The van der Waals surface area contributed by atoms with E-state index in [1.165, 1.54) is 0 Å². The van der Waals surface area contributed by atoms with Gasteiger partial charge in [-0.1, -0.05) is 12.1 Å². The number of hydrogen-bond acceptors (Lipinski definition) is 4. The van der Waals surface area contributed by atoms with E-state index >= 15 is 0 Å². The summed E-state index contributed by atoms with van der Waals surface area (Å²) in [5.41, 5.74) is 1.15. The Hall–Kier alpha value is -1.59. The number of nitrogens with one attached hydrogen (secondary N) is 2. The molecule has 1 amide bonds. The first-order valence-electron chi connectivity index (χ1n) is 6.38. The summed E-state index contributed by atoms with van der Waals surface area (Å²) < 4.78 is 10.5. The molecule has 0 aromatic heterocycles. The van der Waals surface area contributed by atoms with Crippen LogP contribution in [0.4, 0.5) is 0 Å². The zero-order valence-electron chi connectivity index (χ0n) is 11.6. The van der Waals surface area contributed by atoms with Gasteiger partial charge in [-0.05, 0) is 17.7 Å². The van der Waals surface area contributed by atoms with Crippen LogP contribution in [0, 0.1) is 0 Å². The van der Waals surface area contributed by atoms with Crippen LogP contribution in [0.5, 0.6) is 5.75 Å². The zero-order valence-corrected chi connectivity index (χ0v) is 11.6. The summed E-state index contributed by atoms with van der Waals surface area (Å²) in [6, 6.07) is 7.85. The van der Waals surface area contributed by atoms with Crippen LogP contribution in [0.15, 0.2) is 24.3 Å². The molecule has 0 unspecified atom stereocenters. The highest BCUT2D eigenvalue weighted by molar-refractivity contribution is 5.75. The Morgan fingerprint density at radius 2 is 2.16 bits per heavy atom. The van der Waals surface area contributed by atoms with Gasteiger partial charge in [-0.3, -0.25) is 4.79 Å². The SMILES string of the molecule is CNC(=O)CCOc1cccc(CNCCOC)c1. The predicted molar refractivity (Wildman–Crippen MR) is 74.2 cm³/mol. The number of benzene rings is 1. The lowest BCUT2D eigenvalue weighted by atomic mass is 10.2. The first-order chi connectivity index (χ1) is 9.26. The summed E-state index contributed by atoms with van der Waals surface area (Å²) in [6.45, 7) is 2.68. The molecule has 5 heteroatoms. The van der Waals surface area contributed by atoms with Crippen molar-refractivity contribution in [3.05, 3.63) is 29.8 Å². The zero-order chi connectivity index (χ0) is 13.9. The maximum atomic E-state index is 11.1. The lowest BCUT2D eigenvalue weighted by Crippen LogP contribution is -2.20. The van der Waals surface area contributed by atoms with Crippen LogP contribution >= 0.6 is 0 Å². The number of hydrogen-bond donors (Lipinski definition) is 2. The van der Waals surface area contributed by atoms with Gasteiger partial charge in [0.15, 0.2) is 0 Å². The number of ether oxygens (including phenoxy) is 2. The normalized spacial score (nSPS) is 10.2. The van der Waals surface area contributed by atoms with Crippen molar-refractivity contribution in [2.24, 2.45) is 0 Å². The van der Waals surface area contributed by atoms with Crippen LogP contribution in [0.3, 0.4) is 0 Å². The molecule has 0 spiro atoms. The van der Waals surface area contributed by atoms with Gasteiger partial charge in [0.2, 0.25) is 5.91 Å². The Kier molecular flexibility index (Phi) is 7.62. The molecular formula is C14H22N2O3. The highest BCUT2D eigenvalue weighted by Gasteiger charge is 2.00. The molecule has 0 saturated carbocycles. The molecule has 0 aliphatic heterocycles. The number of carbonyl (C=O) groups excluding carboxylic acids is 1. The minimum Gasteiger partial charge on any atom is -0.493 e. The van der Waals surface area contributed by atoms with Crippen LogP contribution in [0.1, 0.15) is 12.0 Å². The second-order valence-electron chi connectivity index (χ2n) is 4.09.